The lowest BCUT2D eigenvalue weighted by atomic mass is 10.3. The Labute approximate surface area is 96.8 Å². The zero-order valence-electron chi connectivity index (χ0n) is 10.4. The first kappa shape index (κ1) is 14.9. The van der Waals surface area contributed by atoms with E-state index in [-0.39, 0.29) is 0 Å². The normalized spacial score (nSPS) is 11.9. The average molecular weight is 230 g/mol. The van der Waals surface area contributed by atoms with Gasteiger partial charge in [-0.1, -0.05) is 19.1 Å². The first-order valence-corrected chi connectivity index (χ1v) is 5.52. The molecule has 0 aliphatic heterocycles. The Balaban J connectivity index is 4.64. The lowest BCUT2D eigenvalue weighted by Crippen LogP contribution is -2.56. The SMILES string of the molecule is CCNN(NCC)N(C=C(C)C(=O)O)CC. The molecule has 0 bridgehead atoms. The van der Waals surface area contributed by atoms with Gasteiger partial charge in [0.25, 0.3) is 0 Å². The van der Waals surface area contributed by atoms with Gasteiger partial charge in [0.15, 0.2) is 0 Å². The molecule has 0 spiro atoms. The van der Waals surface area contributed by atoms with Crippen LogP contribution in [0.25, 0.3) is 0 Å². The molecule has 6 heteroatoms. The molecule has 0 amide bonds. The van der Waals surface area contributed by atoms with Crippen LogP contribution >= 0.6 is 0 Å². The molecule has 3 N–H and O–H groups in total. The minimum atomic E-state index is -0.911. The fraction of sp³-hybridized carbons (Fsp3) is 0.700. The smallest absolute Gasteiger partial charge is 0.332 e. The summed E-state index contributed by atoms with van der Waals surface area (Å²) in [6, 6.07) is 0. The monoisotopic (exact) mass is 230 g/mol. The van der Waals surface area contributed by atoms with Gasteiger partial charge in [-0.3, -0.25) is 5.01 Å². The number of aliphatic carboxylic acids is 1. The molecule has 0 aliphatic carbocycles. The summed E-state index contributed by atoms with van der Waals surface area (Å²) in [7, 11) is 0. The standard InChI is InChI=1S/C10H22N4O2/c1-5-11-14(12-6-2)13(7-3)8-9(4)10(15)16/h8,11-12H,5-7H2,1-4H3,(H,15,16). The number of carboxylic acids is 1. The van der Waals surface area contributed by atoms with E-state index in [1.165, 1.54) is 0 Å². The first-order valence-electron chi connectivity index (χ1n) is 5.52. The van der Waals surface area contributed by atoms with Crippen LogP contribution in [0.3, 0.4) is 0 Å². The molecule has 0 radical (unpaired) electrons. The maximum Gasteiger partial charge on any atom is 0.332 e. The average Bonchev–Trinajstić information content (AvgIpc) is 2.25. The van der Waals surface area contributed by atoms with Gasteiger partial charge < -0.3 is 5.11 Å². The molecular formula is C10H22N4O2. The third-order valence-corrected chi connectivity index (χ3v) is 1.88. The van der Waals surface area contributed by atoms with Crippen LogP contribution in [-0.4, -0.2) is 40.9 Å². The topological polar surface area (TPSA) is 67.8 Å². The zero-order chi connectivity index (χ0) is 12.6. The van der Waals surface area contributed by atoms with Crippen LogP contribution in [0.15, 0.2) is 11.8 Å². The van der Waals surface area contributed by atoms with Crippen LogP contribution in [0.2, 0.25) is 0 Å². The maximum atomic E-state index is 10.7. The van der Waals surface area contributed by atoms with E-state index >= 15 is 0 Å². The van der Waals surface area contributed by atoms with Gasteiger partial charge in [0, 0.05) is 25.8 Å². The summed E-state index contributed by atoms with van der Waals surface area (Å²) in [6.45, 7) is 9.66. The van der Waals surface area contributed by atoms with Crippen molar-refractivity contribution < 1.29 is 9.90 Å². The number of hydrogen-bond acceptors (Lipinski definition) is 5. The second-order valence-corrected chi connectivity index (χ2v) is 3.21. The fourth-order valence-corrected chi connectivity index (χ4v) is 1.11. The molecule has 0 aromatic heterocycles. The number of nitrogens with zero attached hydrogens (tertiary/aromatic N) is 2. The van der Waals surface area contributed by atoms with E-state index < -0.39 is 5.97 Å². The summed E-state index contributed by atoms with van der Waals surface area (Å²) in [5, 5.41) is 12.3. The Kier molecular flexibility index (Phi) is 7.53. The van der Waals surface area contributed by atoms with Crippen molar-refractivity contribution in [3.8, 4) is 0 Å². The van der Waals surface area contributed by atoms with E-state index in [0.29, 0.717) is 12.1 Å². The molecule has 0 fully saturated rings. The summed E-state index contributed by atoms with van der Waals surface area (Å²) in [4.78, 5) is 10.7. The van der Waals surface area contributed by atoms with Gasteiger partial charge in [-0.2, -0.15) is 0 Å². The van der Waals surface area contributed by atoms with Crippen LogP contribution in [0.5, 0.6) is 0 Å². The Morgan fingerprint density at radius 2 is 1.75 bits per heavy atom. The number of hydrazine groups is 3. The predicted molar refractivity (Wildman–Crippen MR) is 63.0 cm³/mol. The molecule has 0 aliphatic rings. The second kappa shape index (κ2) is 8.09. The summed E-state index contributed by atoms with van der Waals surface area (Å²) >= 11 is 0. The maximum absolute atomic E-state index is 10.7. The molecule has 0 saturated heterocycles. The third kappa shape index (κ3) is 5.11. The van der Waals surface area contributed by atoms with E-state index in [2.05, 4.69) is 10.9 Å². The zero-order valence-corrected chi connectivity index (χ0v) is 10.4. The van der Waals surface area contributed by atoms with Crippen molar-refractivity contribution >= 4 is 5.97 Å². The van der Waals surface area contributed by atoms with E-state index in [9.17, 15) is 4.79 Å². The van der Waals surface area contributed by atoms with Crippen molar-refractivity contribution in [1.82, 2.24) is 21.1 Å². The molecule has 0 aromatic rings. The Bertz CT molecular complexity index is 237. The van der Waals surface area contributed by atoms with Crippen LogP contribution in [0.1, 0.15) is 27.7 Å². The second-order valence-electron chi connectivity index (χ2n) is 3.21. The predicted octanol–water partition coefficient (Wildman–Crippen LogP) is 0.563. The molecule has 0 aromatic carbocycles. The number of rotatable bonds is 8. The summed E-state index contributed by atoms with van der Waals surface area (Å²) in [5.41, 5.74) is 6.47. The Morgan fingerprint density at radius 1 is 1.25 bits per heavy atom. The molecule has 0 heterocycles. The van der Waals surface area contributed by atoms with Crippen molar-refractivity contribution in [3.63, 3.8) is 0 Å². The molecule has 94 valence electrons. The minimum absolute atomic E-state index is 0.294. The first-order chi connectivity index (χ1) is 7.56. The van der Waals surface area contributed by atoms with Gasteiger partial charge in [-0.15, -0.1) is 0 Å². The lowest BCUT2D eigenvalue weighted by molar-refractivity contribution is -0.133. The molecule has 0 rings (SSSR count). The number of nitrogens with one attached hydrogen (secondary N) is 2. The molecule has 0 saturated carbocycles. The van der Waals surface area contributed by atoms with Gasteiger partial charge in [-0.25, -0.2) is 15.6 Å². The Morgan fingerprint density at radius 3 is 2.06 bits per heavy atom. The van der Waals surface area contributed by atoms with E-state index in [0.717, 1.165) is 13.1 Å². The van der Waals surface area contributed by atoms with Gasteiger partial charge >= 0.3 is 5.97 Å². The van der Waals surface area contributed by atoms with Crippen LogP contribution < -0.4 is 10.9 Å². The minimum Gasteiger partial charge on any atom is -0.478 e. The largest absolute Gasteiger partial charge is 0.478 e. The van der Waals surface area contributed by atoms with Crippen LogP contribution in [-0.2, 0) is 4.79 Å². The van der Waals surface area contributed by atoms with E-state index in [1.54, 1.807) is 23.4 Å². The highest BCUT2D eigenvalue weighted by Crippen LogP contribution is 1.99. The highest BCUT2D eigenvalue weighted by molar-refractivity contribution is 5.85. The number of hydrogen-bond donors (Lipinski definition) is 3. The van der Waals surface area contributed by atoms with Gasteiger partial charge in [0.05, 0.1) is 5.57 Å². The molecule has 16 heavy (non-hydrogen) atoms. The molecule has 0 unspecified atom stereocenters. The van der Waals surface area contributed by atoms with Crippen molar-refractivity contribution in [2.45, 2.75) is 27.7 Å². The quantitative estimate of drug-likeness (QED) is 0.418. The van der Waals surface area contributed by atoms with Crippen molar-refractivity contribution in [2.75, 3.05) is 19.6 Å². The van der Waals surface area contributed by atoms with Gasteiger partial charge in [0.2, 0.25) is 0 Å². The molecular weight excluding hydrogens is 208 g/mol. The number of carboxylic acid groups (broad SMARTS) is 1. The van der Waals surface area contributed by atoms with E-state index in [4.69, 9.17) is 5.11 Å². The molecule has 0 atom stereocenters. The molecule has 6 nitrogen and oxygen atoms in total. The van der Waals surface area contributed by atoms with Gasteiger partial charge in [0.1, 0.15) is 0 Å². The van der Waals surface area contributed by atoms with Gasteiger partial charge in [-0.05, 0) is 13.8 Å². The van der Waals surface area contributed by atoms with E-state index in [1.807, 2.05) is 20.8 Å². The summed E-state index contributed by atoms with van der Waals surface area (Å²) in [6.07, 6.45) is 1.59. The highest BCUT2D eigenvalue weighted by atomic mass is 16.4. The lowest BCUT2D eigenvalue weighted by Gasteiger charge is -2.33. The van der Waals surface area contributed by atoms with Crippen LogP contribution in [0, 0.1) is 0 Å². The third-order valence-electron chi connectivity index (χ3n) is 1.88. The summed E-state index contributed by atoms with van der Waals surface area (Å²) in [5.74, 6) is -0.911. The van der Waals surface area contributed by atoms with Crippen molar-refractivity contribution in [2.24, 2.45) is 0 Å². The fourth-order valence-electron chi connectivity index (χ4n) is 1.11. The summed E-state index contributed by atoms with van der Waals surface area (Å²) < 4.78 is 0. The Hall–Kier alpha value is -1.11. The highest BCUT2D eigenvalue weighted by Gasteiger charge is 2.10. The van der Waals surface area contributed by atoms with Crippen molar-refractivity contribution in [1.29, 1.82) is 0 Å². The van der Waals surface area contributed by atoms with Crippen molar-refractivity contribution in [3.05, 3.63) is 11.8 Å². The van der Waals surface area contributed by atoms with Crippen LogP contribution in [0.4, 0.5) is 0 Å². The number of carbonyl (C=O) groups is 1.